The second-order valence-electron chi connectivity index (χ2n) is 4.05. The molecule has 17 heavy (non-hydrogen) atoms. The van der Waals surface area contributed by atoms with Crippen LogP contribution in [0.25, 0.3) is 0 Å². The van der Waals surface area contributed by atoms with E-state index in [9.17, 15) is 4.79 Å². The third-order valence-corrected chi connectivity index (χ3v) is 2.84. The van der Waals surface area contributed by atoms with Gasteiger partial charge in [-0.1, -0.05) is 12.1 Å². The summed E-state index contributed by atoms with van der Waals surface area (Å²) in [5.41, 5.74) is 7.77. The minimum Gasteiger partial charge on any atom is -0.496 e. The van der Waals surface area contributed by atoms with Crippen molar-refractivity contribution in [3.8, 4) is 5.75 Å². The van der Waals surface area contributed by atoms with Gasteiger partial charge in [0.1, 0.15) is 5.75 Å². The Labute approximate surface area is 102 Å². The van der Waals surface area contributed by atoms with E-state index in [4.69, 9.17) is 10.5 Å². The molecular weight excluding hydrogens is 216 g/mol. The number of benzene rings is 1. The van der Waals surface area contributed by atoms with Crippen LogP contribution in [0.4, 0.5) is 0 Å². The predicted octanol–water partition coefficient (Wildman–Crippen LogP) is 0.867. The number of nitrogens with one attached hydrogen (secondary N) is 1. The molecule has 0 aliphatic carbocycles. The average Bonchev–Trinajstić information content (AvgIpc) is 2.35. The molecule has 94 valence electrons. The number of carbonyl (C=O) groups excluding carboxylic acids is 1. The molecular formula is C13H20N2O2. The van der Waals surface area contributed by atoms with Crippen LogP contribution in [0.2, 0.25) is 0 Å². The number of amides is 1. The fraction of sp³-hybridized carbons (Fsp3) is 0.462. The summed E-state index contributed by atoms with van der Waals surface area (Å²) in [5, 5.41) is 2.63. The number of hydrogen-bond acceptors (Lipinski definition) is 3. The molecule has 0 saturated carbocycles. The Kier molecular flexibility index (Phi) is 4.97. The van der Waals surface area contributed by atoms with Crippen molar-refractivity contribution in [2.45, 2.75) is 13.3 Å². The first-order valence-electron chi connectivity index (χ1n) is 5.67. The lowest BCUT2D eigenvalue weighted by Gasteiger charge is -2.14. The molecule has 1 aromatic carbocycles. The smallest absolute Gasteiger partial charge is 0.224 e. The highest BCUT2D eigenvalue weighted by atomic mass is 16.5. The highest BCUT2D eigenvalue weighted by Gasteiger charge is 2.16. The van der Waals surface area contributed by atoms with E-state index < -0.39 is 0 Å². The first kappa shape index (κ1) is 13.5. The van der Waals surface area contributed by atoms with E-state index in [2.05, 4.69) is 5.32 Å². The van der Waals surface area contributed by atoms with Gasteiger partial charge in [0.25, 0.3) is 0 Å². The number of methoxy groups -OCH3 is 1. The molecule has 1 rings (SSSR count). The lowest BCUT2D eigenvalue weighted by atomic mass is 9.97. The molecule has 0 aromatic heterocycles. The predicted molar refractivity (Wildman–Crippen MR) is 68.0 cm³/mol. The first-order valence-corrected chi connectivity index (χ1v) is 5.67. The Bertz CT molecular complexity index is 391. The average molecular weight is 236 g/mol. The zero-order valence-corrected chi connectivity index (χ0v) is 10.6. The molecule has 0 spiro atoms. The van der Waals surface area contributed by atoms with E-state index >= 15 is 0 Å². The van der Waals surface area contributed by atoms with Crippen LogP contribution in [0.3, 0.4) is 0 Å². The van der Waals surface area contributed by atoms with Gasteiger partial charge >= 0.3 is 0 Å². The number of hydrogen-bond donors (Lipinski definition) is 2. The molecule has 0 fully saturated rings. The van der Waals surface area contributed by atoms with Gasteiger partial charge in [-0.3, -0.25) is 4.79 Å². The van der Waals surface area contributed by atoms with E-state index in [1.807, 2.05) is 25.1 Å². The van der Waals surface area contributed by atoms with Crippen LogP contribution in [0.1, 0.15) is 11.1 Å². The standard InChI is InChI=1S/C13H20N2O2/c1-9-6-10(4-5-12(9)17-3)7-11(8-14)13(16)15-2/h4-6,11H,7-8,14H2,1-3H3,(H,15,16). The van der Waals surface area contributed by atoms with E-state index in [1.165, 1.54) is 0 Å². The molecule has 1 atom stereocenters. The van der Waals surface area contributed by atoms with Crippen LogP contribution in [-0.2, 0) is 11.2 Å². The van der Waals surface area contributed by atoms with Crippen molar-refractivity contribution in [1.29, 1.82) is 0 Å². The maximum absolute atomic E-state index is 11.5. The van der Waals surface area contributed by atoms with Crippen LogP contribution < -0.4 is 15.8 Å². The summed E-state index contributed by atoms with van der Waals surface area (Å²) < 4.78 is 5.20. The molecule has 0 bridgehead atoms. The van der Waals surface area contributed by atoms with Gasteiger partial charge in [0.2, 0.25) is 5.91 Å². The lowest BCUT2D eigenvalue weighted by Crippen LogP contribution is -2.34. The lowest BCUT2D eigenvalue weighted by molar-refractivity contribution is -0.124. The number of nitrogens with two attached hydrogens (primary N) is 1. The van der Waals surface area contributed by atoms with E-state index in [-0.39, 0.29) is 11.8 Å². The van der Waals surface area contributed by atoms with Gasteiger partial charge in [-0.2, -0.15) is 0 Å². The van der Waals surface area contributed by atoms with Crippen molar-refractivity contribution in [1.82, 2.24) is 5.32 Å². The zero-order chi connectivity index (χ0) is 12.8. The minimum absolute atomic E-state index is 0.0130. The normalized spacial score (nSPS) is 12.0. The Morgan fingerprint density at radius 3 is 2.71 bits per heavy atom. The van der Waals surface area contributed by atoms with Crippen LogP contribution in [0.5, 0.6) is 5.75 Å². The molecule has 4 heteroatoms. The van der Waals surface area contributed by atoms with E-state index in [1.54, 1.807) is 14.2 Å². The Balaban J connectivity index is 2.80. The van der Waals surface area contributed by atoms with Gasteiger partial charge in [-0.15, -0.1) is 0 Å². The van der Waals surface area contributed by atoms with Crippen molar-refractivity contribution >= 4 is 5.91 Å². The van der Waals surface area contributed by atoms with Crippen molar-refractivity contribution in [3.05, 3.63) is 29.3 Å². The zero-order valence-electron chi connectivity index (χ0n) is 10.6. The molecule has 1 aromatic rings. The summed E-state index contributed by atoms with van der Waals surface area (Å²) in [6, 6.07) is 5.92. The highest BCUT2D eigenvalue weighted by Crippen LogP contribution is 2.20. The minimum atomic E-state index is -0.173. The molecule has 1 amide bonds. The number of carbonyl (C=O) groups is 1. The van der Waals surface area contributed by atoms with Crippen molar-refractivity contribution < 1.29 is 9.53 Å². The molecule has 0 aliphatic heterocycles. The van der Waals surface area contributed by atoms with E-state index in [0.717, 1.165) is 16.9 Å². The van der Waals surface area contributed by atoms with Gasteiger partial charge in [-0.05, 0) is 30.5 Å². The van der Waals surface area contributed by atoms with Crippen LogP contribution in [-0.4, -0.2) is 26.6 Å². The van der Waals surface area contributed by atoms with Gasteiger partial charge in [0, 0.05) is 13.6 Å². The van der Waals surface area contributed by atoms with E-state index in [0.29, 0.717) is 13.0 Å². The maximum atomic E-state index is 11.5. The maximum Gasteiger partial charge on any atom is 0.224 e. The third-order valence-electron chi connectivity index (χ3n) is 2.84. The topological polar surface area (TPSA) is 64.4 Å². The van der Waals surface area contributed by atoms with Gasteiger partial charge in [-0.25, -0.2) is 0 Å². The monoisotopic (exact) mass is 236 g/mol. The van der Waals surface area contributed by atoms with Gasteiger partial charge < -0.3 is 15.8 Å². The molecule has 3 N–H and O–H groups in total. The van der Waals surface area contributed by atoms with Crippen molar-refractivity contribution in [3.63, 3.8) is 0 Å². The van der Waals surface area contributed by atoms with Crippen LogP contribution in [0.15, 0.2) is 18.2 Å². The van der Waals surface area contributed by atoms with Crippen LogP contribution >= 0.6 is 0 Å². The van der Waals surface area contributed by atoms with Crippen molar-refractivity contribution in [2.24, 2.45) is 11.7 Å². The highest BCUT2D eigenvalue weighted by molar-refractivity contribution is 5.78. The Hall–Kier alpha value is -1.55. The molecule has 4 nitrogen and oxygen atoms in total. The number of ether oxygens (including phenoxy) is 1. The summed E-state index contributed by atoms with van der Waals surface area (Å²) in [4.78, 5) is 11.5. The molecule has 0 aliphatic rings. The second-order valence-corrected chi connectivity index (χ2v) is 4.05. The second kappa shape index (κ2) is 6.25. The largest absolute Gasteiger partial charge is 0.496 e. The summed E-state index contributed by atoms with van der Waals surface area (Å²) in [6.45, 7) is 2.34. The first-order chi connectivity index (χ1) is 8.12. The van der Waals surface area contributed by atoms with Gasteiger partial charge in [0.05, 0.1) is 13.0 Å². The summed E-state index contributed by atoms with van der Waals surface area (Å²) >= 11 is 0. The van der Waals surface area contributed by atoms with Gasteiger partial charge in [0.15, 0.2) is 0 Å². The molecule has 0 radical (unpaired) electrons. The molecule has 0 saturated heterocycles. The molecule has 0 heterocycles. The quantitative estimate of drug-likeness (QED) is 0.797. The fourth-order valence-electron chi connectivity index (χ4n) is 1.84. The Morgan fingerprint density at radius 1 is 1.53 bits per heavy atom. The summed E-state index contributed by atoms with van der Waals surface area (Å²) in [7, 11) is 3.28. The number of aryl methyl sites for hydroxylation is 1. The molecule has 1 unspecified atom stereocenters. The Morgan fingerprint density at radius 2 is 2.24 bits per heavy atom. The van der Waals surface area contributed by atoms with Crippen molar-refractivity contribution in [2.75, 3.05) is 20.7 Å². The van der Waals surface area contributed by atoms with Crippen LogP contribution in [0, 0.1) is 12.8 Å². The summed E-state index contributed by atoms with van der Waals surface area (Å²) in [5.74, 6) is 0.673. The number of rotatable bonds is 5. The fourth-order valence-corrected chi connectivity index (χ4v) is 1.84. The SMILES string of the molecule is CNC(=O)C(CN)Cc1ccc(OC)c(C)c1. The summed E-state index contributed by atoms with van der Waals surface area (Å²) in [6.07, 6.45) is 0.654. The third kappa shape index (κ3) is 3.46.